The van der Waals surface area contributed by atoms with Crippen LogP contribution in [0.1, 0.15) is 11.8 Å². The van der Waals surface area contributed by atoms with Gasteiger partial charge in [-0.2, -0.15) is 0 Å². The largest absolute Gasteiger partial charge is 0.369 e. The third-order valence-electron chi connectivity index (χ3n) is 1.86. The van der Waals surface area contributed by atoms with Crippen molar-refractivity contribution < 1.29 is 13.2 Å². The lowest BCUT2D eigenvalue weighted by atomic mass is 10.5. The van der Waals surface area contributed by atoms with Crippen molar-refractivity contribution >= 4 is 27.1 Å². The highest BCUT2D eigenvalue weighted by Gasteiger charge is 2.26. The van der Waals surface area contributed by atoms with Crippen molar-refractivity contribution in [2.75, 3.05) is 0 Å². The molecule has 0 radical (unpaired) electrons. The standard InChI is InChI=1S/C8H11NO3S2/c1-6(8(9)10)14(11,12)5-7-3-2-4-13-7/h2-4,6H,5H2,1H3,(H2,9,10). The molecule has 4 nitrogen and oxygen atoms in total. The Morgan fingerprint density at radius 1 is 1.64 bits per heavy atom. The van der Waals surface area contributed by atoms with Crippen LogP contribution in [0.5, 0.6) is 0 Å². The summed E-state index contributed by atoms with van der Waals surface area (Å²) in [6.07, 6.45) is 0. The number of nitrogens with two attached hydrogens (primary N) is 1. The average Bonchev–Trinajstić information content (AvgIpc) is 2.54. The van der Waals surface area contributed by atoms with Crippen LogP contribution in [0.3, 0.4) is 0 Å². The summed E-state index contributed by atoms with van der Waals surface area (Å²) in [6.45, 7) is 1.31. The van der Waals surface area contributed by atoms with Gasteiger partial charge in [-0.25, -0.2) is 8.42 Å². The van der Waals surface area contributed by atoms with Crippen LogP contribution >= 0.6 is 11.3 Å². The van der Waals surface area contributed by atoms with Gasteiger partial charge in [0.25, 0.3) is 0 Å². The van der Waals surface area contributed by atoms with Gasteiger partial charge in [-0.3, -0.25) is 4.79 Å². The first-order valence-electron chi connectivity index (χ1n) is 3.97. The van der Waals surface area contributed by atoms with Gasteiger partial charge in [-0.15, -0.1) is 11.3 Å². The molecule has 0 fully saturated rings. The van der Waals surface area contributed by atoms with E-state index in [-0.39, 0.29) is 5.75 Å². The van der Waals surface area contributed by atoms with E-state index in [0.717, 1.165) is 4.88 Å². The zero-order valence-corrected chi connectivity index (χ0v) is 9.27. The smallest absolute Gasteiger partial charge is 0.235 e. The number of carbonyl (C=O) groups excluding carboxylic acids is 1. The van der Waals surface area contributed by atoms with E-state index >= 15 is 0 Å². The van der Waals surface area contributed by atoms with Crippen LogP contribution in [0.2, 0.25) is 0 Å². The summed E-state index contributed by atoms with van der Waals surface area (Å²) in [5.74, 6) is -0.920. The molecule has 0 saturated carbocycles. The van der Waals surface area contributed by atoms with E-state index in [2.05, 4.69) is 0 Å². The molecule has 2 N–H and O–H groups in total. The predicted molar refractivity (Wildman–Crippen MR) is 55.6 cm³/mol. The Bertz CT molecular complexity index is 408. The fourth-order valence-electron chi connectivity index (χ4n) is 0.895. The van der Waals surface area contributed by atoms with Gasteiger partial charge in [0, 0.05) is 4.88 Å². The molecule has 14 heavy (non-hydrogen) atoms. The molecule has 1 aromatic rings. The van der Waals surface area contributed by atoms with Gasteiger partial charge in [-0.05, 0) is 18.4 Å². The minimum atomic E-state index is -3.45. The molecule has 1 atom stereocenters. The van der Waals surface area contributed by atoms with E-state index in [1.165, 1.54) is 18.3 Å². The van der Waals surface area contributed by atoms with Crippen molar-refractivity contribution in [1.82, 2.24) is 0 Å². The van der Waals surface area contributed by atoms with Gasteiger partial charge in [0.15, 0.2) is 9.84 Å². The Morgan fingerprint density at radius 3 is 2.71 bits per heavy atom. The van der Waals surface area contributed by atoms with E-state index in [1.54, 1.807) is 17.5 Å². The first kappa shape index (κ1) is 11.2. The van der Waals surface area contributed by atoms with Crippen LogP contribution in [-0.2, 0) is 20.4 Å². The first-order valence-corrected chi connectivity index (χ1v) is 6.56. The predicted octanol–water partition coefficient (Wildman–Crippen LogP) is 0.537. The van der Waals surface area contributed by atoms with Crippen LogP contribution in [-0.4, -0.2) is 19.6 Å². The summed E-state index contributed by atoms with van der Waals surface area (Å²) >= 11 is 1.35. The summed E-state index contributed by atoms with van der Waals surface area (Å²) in [5, 5.41) is 0.671. The van der Waals surface area contributed by atoms with Gasteiger partial charge in [-0.1, -0.05) is 6.07 Å². The zero-order chi connectivity index (χ0) is 10.8. The van der Waals surface area contributed by atoms with Crippen molar-refractivity contribution in [2.24, 2.45) is 5.73 Å². The molecule has 6 heteroatoms. The highest BCUT2D eigenvalue weighted by Crippen LogP contribution is 2.15. The number of rotatable bonds is 4. The Kier molecular flexibility index (Phi) is 3.28. The zero-order valence-electron chi connectivity index (χ0n) is 7.64. The molecular weight excluding hydrogens is 222 g/mol. The SMILES string of the molecule is CC(C(N)=O)S(=O)(=O)Cc1cccs1. The molecule has 1 aromatic heterocycles. The van der Waals surface area contributed by atoms with Gasteiger partial charge in [0.1, 0.15) is 5.25 Å². The molecule has 0 aliphatic heterocycles. The minimum Gasteiger partial charge on any atom is -0.369 e. The van der Waals surface area contributed by atoms with Gasteiger partial charge >= 0.3 is 0 Å². The molecule has 0 aromatic carbocycles. The minimum absolute atomic E-state index is 0.116. The maximum absolute atomic E-state index is 11.5. The second-order valence-corrected chi connectivity index (χ2v) is 6.28. The molecule has 0 aliphatic rings. The van der Waals surface area contributed by atoms with Crippen molar-refractivity contribution in [3.8, 4) is 0 Å². The van der Waals surface area contributed by atoms with Crippen LogP contribution in [0.15, 0.2) is 17.5 Å². The summed E-state index contributed by atoms with van der Waals surface area (Å²) in [7, 11) is -3.45. The molecule has 0 saturated heterocycles. The third kappa shape index (κ3) is 2.55. The Morgan fingerprint density at radius 2 is 2.29 bits per heavy atom. The van der Waals surface area contributed by atoms with Crippen LogP contribution in [0.4, 0.5) is 0 Å². The van der Waals surface area contributed by atoms with Crippen molar-refractivity contribution in [3.05, 3.63) is 22.4 Å². The molecule has 1 heterocycles. The first-order chi connectivity index (χ1) is 6.43. The normalized spacial score (nSPS) is 13.8. The number of sulfone groups is 1. The molecule has 0 aliphatic carbocycles. The maximum atomic E-state index is 11.5. The van der Waals surface area contributed by atoms with Crippen LogP contribution < -0.4 is 5.73 Å². The summed E-state index contributed by atoms with van der Waals surface area (Å²) in [5.41, 5.74) is 4.94. The van der Waals surface area contributed by atoms with Crippen molar-refractivity contribution in [1.29, 1.82) is 0 Å². The molecule has 1 amide bonds. The summed E-state index contributed by atoms with van der Waals surface area (Å²) in [6, 6.07) is 3.49. The fourth-order valence-corrected chi connectivity index (χ4v) is 3.25. The van der Waals surface area contributed by atoms with Crippen molar-refractivity contribution in [3.63, 3.8) is 0 Å². The topological polar surface area (TPSA) is 77.2 Å². The molecular formula is C8H11NO3S2. The van der Waals surface area contributed by atoms with Crippen LogP contribution in [0, 0.1) is 0 Å². The van der Waals surface area contributed by atoms with E-state index < -0.39 is 21.0 Å². The monoisotopic (exact) mass is 233 g/mol. The summed E-state index contributed by atoms with van der Waals surface area (Å²) < 4.78 is 23.1. The van der Waals surface area contributed by atoms with Crippen molar-refractivity contribution in [2.45, 2.75) is 17.9 Å². The fraction of sp³-hybridized carbons (Fsp3) is 0.375. The Hall–Kier alpha value is -0.880. The second-order valence-electron chi connectivity index (χ2n) is 2.93. The van der Waals surface area contributed by atoms with Crippen LogP contribution in [0.25, 0.3) is 0 Å². The second kappa shape index (κ2) is 4.10. The van der Waals surface area contributed by atoms with Gasteiger partial charge in [0.2, 0.25) is 5.91 Å². The van der Waals surface area contributed by atoms with E-state index in [4.69, 9.17) is 5.73 Å². The Balaban J connectivity index is 2.83. The van der Waals surface area contributed by atoms with Gasteiger partial charge < -0.3 is 5.73 Å². The highest BCUT2D eigenvalue weighted by molar-refractivity contribution is 7.92. The quantitative estimate of drug-likeness (QED) is 0.824. The lowest BCUT2D eigenvalue weighted by molar-refractivity contribution is -0.117. The molecule has 78 valence electrons. The van der Waals surface area contributed by atoms with E-state index in [1.807, 2.05) is 0 Å². The maximum Gasteiger partial charge on any atom is 0.235 e. The lowest BCUT2D eigenvalue weighted by Crippen LogP contribution is -2.33. The Labute approximate surface area is 86.7 Å². The third-order valence-corrected chi connectivity index (χ3v) is 4.95. The highest BCUT2D eigenvalue weighted by atomic mass is 32.2. The molecule has 0 spiro atoms. The number of hydrogen-bond acceptors (Lipinski definition) is 4. The number of thiophene rings is 1. The lowest BCUT2D eigenvalue weighted by Gasteiger charge is -2.07. The molecule has 1 rings (SSSR count). The number of carbonyl (C=O) groups is 1. The van der Waals surface area contributed by atoms with E-state index in [0.29, 0.717) is 0 Å². The average molecular weight is 233 g/mol. The molecule has 0 bridgehead atoms. The van der Waals surface area contributed by atoms with E-state index in [9.17, 15) is 13.2 Å². The summed E-state index contributed by atoms with van der Waals surface area (Å²) in [4.78, 5) is 11.4. The number of amides is 1. The van der Waals surface area contributed by atoms with Gasteiger partial charge in [0.05, 0.1) is 5.75 Å². The number of primary amides is 1. The number of hydrogen-bond donors (Lipinski definition) is 1. The molecule has 1 unspecified atom stereocenters.